The van der Waals surface area contributed by atoms with Crippen LogP contribution in [0.15, 0.2) is 61.2 Å². The number of thioether (sulfide) groups is 1. The quantitative estimate of drug-likeness (QED) is 0.181. The van der Waals surface area contributed by atoms with Gasteiger partial charge in [0.2, 0.25) is 0 Å². The highest BCUT2D eigenvalue weighted by Gasteiger charge is 2.54. The maximum Gasteiger partial charge on any atom is 0.411 e. The lowest BCUT2D eigenvalue weighted by molar-refractivity contribution is -0.384. The number of nitrogens with zero attached hydrogens (tertiary/aromatic N) is 2. The molecule has 0 N–H and O–H groups in total. The van der Waals surface area contributed by atoms with E-state index in [1.54, 1.807) is 39.6 Å². The number of carbonyl (C=O) groups is 2. The molecule has 37 heavy (non-hydrogen) atoms. The van der Waals surface area contributed by atoms with Crippen LogP contribution in [-0.2, 0) is 26.6 Å². The van der Waals surface area contributed by atoms with Gasteiger partial charge in [-0.3, -0.25) is 15.0 Å². The molecular formula is C27H32N2O7S. The third kappa shape index (κ3) is 7.03. The molecule has 2 aromatic carbocycles. The lowest BCUT2D eigenvalue weighted by Crippen LogP contribution is -2.53. The van der Waals surface area contributed by atoms with Crippen LogP contribution in [0.2, 0.25) is 0 Å². The highest BCUT2D eigenvalue weighted by Crippen LogP contribution is 2.40. The van der Waals surface area contributed by atoms with Gasteiger partial charge < -0.3 is 14.2 Å². The largest absolute Gasteiger partial charge is 0.497 e. The molecule has 0 aliphatic carbocycles. The number of amides is 1. The first-order valence-corrected chi connectivity index (χ1v) is 12.8. The van der Waals surface area contributed by atoms with Crippen LogP contribution in [0, 0.1) is 10.1 Å². The topological polar surface area (TPSA) is 108 Å². The molecule has 10 heteroatoms. The van der Waals surface area contributed by atoms with Gasteiger partial charge in [0.05, 0.1) is 12.0 Å². The van der Waals surface area contributed by atoms with Crippen molar-refractivity contribution in [2.75, 3.05) is 13.7 Å². The van der Waals surface area contributed by atoms with Crippen LogP contribution in [0.5, 0.6) is 5.75 Å². The first-order chi connectivity index (χ1) is 17.5. The molecule has 1 saturated heterocycles. The smallest absolute Gasteiger partial charge is 0.411 e. The van der Waals surface area contributed by atoms with E-state index in [1.165, 1.54) is 35.2 Å². The lowest BCUT2D eigenvalue weighted by atomic mass is 9.96. The highest BCUT2D eigenvalue weighted by atomic mass is 32.2. The summed E-state index contributed by atoms with van der Waals surface area (Å²) in [6, 6.07) is 13.5. The van der Waals surface area contributed by atoms with Gasteiger partial charge in [0.25, 0.3) is 5.69 Å². The number of ether oxygens (including phenoxy) is 3. The zero-order chi connectivity index (χ0) is 27.2. The van der Waals surface area contributed by atoms with Crippen LogP contribution in [0.1, 0.15) is 38.3 Å². The number of nitro benzene ring substituents is 1. The van der Waals surface area contributed by atoms with E-state index in [1.807, 2.05) is 24.3 Å². The van der Waals surface area contributed by atoms with Gasteiger partial charge >= 0.3 is 12.1 Å². The molecular weight excluding hydrogens is 496 g/mol. The molecule has 0 aromatic heterocycles. The Balaban J connectivity index is 1.76. The monoisotopic (exact) mass is 528 g/mol. The van der Waals surface area contributed by atoms with E-state index in [0.29, 0.717) is 17.7 Å². The number of benzene rings is 2. The molecule has 1 amide bonds. The average Bonchev–Trinajstić information content (AvgIpc) is 3.26. The third-order valence-corrected chi connectivity index (χ3v) is 7.16. The number of esters is 1. The molecule has 0 bridgehead atoms. The Kier molecular flexibility index (Phi) is 8.85. The predicted molar refractivity (Wildman–Crippen MR) is 141 cm³/mol. The summed E-state index contributed by atoms with van der Waals surface area (Å²) in [5.41, 5.74) is -0.508. The molecule has 3 rings (SSSR count). The number of hydrogen-bond acceptors (Lipinski definition) is 8. The van der Waals surface area contributed by atoms with Gasteiger partial charge in [-0.05, 0) is 62.6 Å². The second kappa shape index (κ2) is 11.7. The van der Waals surface area contributed by atoms with Crippen molar-refractivity contribution >= 4 is 29.5 Å². The third-order valence-electron chi connectivity index (χ3n) is 5.87. The molecule has 0 radical (unpaired) electrons. The second-order valence-corrected chi connectivity index (χ2v) is 11.0. The van der Waals surface area contributed by atoms with Gasteiger partial charge in [0.1, 0.15) is 18.0 Å². The molecule has 1 aliphatic rings. The fourth-order valence-electron chi connectivity index (χ4n) is 3.95. The maximum absolute atomic E-state index is 13.4. The molecule has 2 atom stereocenters. The zero-order valence-electron chi connectivity index (χ0n) is 21.5. The minimum absolute atomic E-state index is 0.0538. The number of carbonyl (C=O) groups excluding carboxylic acids is 2. The first-order valence-electron chi connectivity index (χ1n) is 11.8. The Morgan fingerprint density at radius 1 is 1.16 bits per heavy atom. The minimum atomic E-state index is -1.38. The SMILES string of the molecule is C=CC1(C(=O)OC(C)(C)C)CC(SCc2ccc(OC)cc2)CN1C(=O)OCc1ccc([N+](=O)[O-])cc1. The lowest BCUT2D eigenvalue weighted by Gasteiger charge is -2.35. The molecule has 2 aromatic rings. The molecule has 1 fully saturated rings. The van der Waals surface area contributed by atoms with Gasteiger partial charge in [-0.1, -0.05) is 18.2 Å². The summed E-state index contributed by atoms with van der Waals surface area (Å²) in [5.74, 6) is 0.893. The van der Waals surface area contributed by atoms with Gasteiger partial charge in [-0.2, -0.15) is 11.8 Å². The average molecular weight is 529 g/mol. The Morgan fingerprint density at radius 3 is 2.32 bits per heavy atom. The number of non-ortho nitro benzene ring substituents is 1. The Hall–Kier alpha value is -3.53. The van der Waals surface area contributed by atoms with Crippen LogP contribution in [0.4, 0.5) is 10.5 Å². The number of nitro groups is 1. The van der Waals surface area contributed by atoms with E-state index >= 15 is 0 Å². The Bertz CT molecular complexity index is 1130. The summed E-state index contributed by atoms with van der Waals surface area (Å²) >= 11 is 1.63. The van der Waals surface area contributed by atoms with Crippen LogP contribution < -0.4 is 4.74 Å². The molecule has 2 unspecified atom stereocenters. The first kappa shape index (κ1) is 28.0. The summed E-state index contributed by atoms with van der Waals surface area (Å²) in [6.07, 6.45) is 1.11. The van der Waals surface area contributed by atoms with Crippen molar-refractivity contribution in [1.29, 1.82) is 0 Å². The van der Waals surface area contributed by atoms with Crippen LogP contribution in [-0.4, -0.2) is 51.9 Å². The Morgan fingerprint density at radius 2 is 1.78 bits per heavy atom. The molecule has 0 saturated carbocycles. The normalized spacial score (nSPS) is 19.2. The summed E-state index contributed by atoms with van der Waals surface area (Å²) in [6.45, 7) is 9.35. The van der Waals surface area contributed by atoms with E-state index in [0.717, 1.165) is 11.3 Å². The van der Waals surface area contributed by atoms with Crippen LogP contribution in [0.3, 0.4) is 0 Å². The van der Waals surface area contributed by atoms with Crippen LogP contribution >= 0.6 is 11.8 Å². The van der Waals surface area contributed by atoms with E-state index in [9.17, 15) is 19.7 Å². The van der Waals surface area contributed by atoms with Crippen molar-refractivity contribution in [3.05, 3.63) is 82.4 Å². The van der Waals surface area contributed by atoms with Gasteiger partial charge in [0.15, 0.2) is 5.54 Å². The standard InChI is InChI=1S/C27H32N2O7S/c1-6-27(24(30)36-26(2,3)4)15-23(37-18-20-9-13-22(34-5)14-10-20)16-28(27)25(31)35-17-19-7-11-21(12-8-19)29(32)33/h6-14,23H,1,15-18H2,2-5H3. The van der Waals surface area contributed by atoms with Gasteiger partial charge in [-0.25, -0.2) is 9.59 Å². The van der Waals surface area contributed by atoms with Crippen molar-refractivity contribution in [3.63, 3.8) is 0 Å². The van der Waals surface area contributed by atoms with E-state index in [-0.39, 0.29) is 24.1 Å². The fourth-order valence-corrected chi connectivity index (χ4v) is 5.19. The molecule has 0 spiro atoms. The van der Waals surface area contributed by atoms with Crippen molar-refractivity contribution < 1.29 is 28.7 Å². The maximum atomic E-state index is 13.4. The zero-order valence-corrected chi connectivity index (χ0v) is 22.3. The highest BCUT2D eigenvalue weighted by molar-refractivity contribution is 7.99. The molecule has 198 valence electrons. The predicted octanol–water partition coefficient (Wildman–Crippen LogP) is 5.51. The van der Waals surface area contributed by atoms with E-state index in [2.05, 4.69) is 6.58 Å². The number of likely N-dealkylation sites (tertiary alicyclic amines) is 1. The Labute approximate surface area is 220 Å². The van der Waals surface area contributed by atoms with E-state index in [4.69, 9.17) is 14.2 Å². The summed E-state index contributed by atoms with van der Waals surface area (Å²) in [4.78, 5) is 38.4. The number of hydrogen-bond donors (Lipinski definition) is 0. The summed E-state index contributed by atoms with van der Waals surface area (Å²) < 4.78 is 16.4. The van der Waals surface area contributed by atoms with E-state index < -0.39 is 28.1 Å². The second-order valence-electron chi connectivity index (χ2n) is 9.70. The van der Waals surface area contributed by atoms with Crippen LogP contribution in [0.25, 0.3) is 0 Å². The van der Waals surface area contributed by atoms with Crippen molar-refractivity contribution in [1.82, 2.24) is 4.90 Å². The number of methoxy groups -OCH3 is 1. The summed E-state index contributed by atoms with van der Waals surface area (Å²) in [7, 11) is 1.61. The molecule has 1 heterocycles. The van der Waals surface area contributed by atoms with Crippen molar-refractivity contribution in [2.24, 2.45) is 0 Å². The van der Waals surface area contributed by atoms with Gasteiger partial charge in [0, 0.05) is 29.7 Å². The van der Waals surface area contributed by atoms with Crippen molar-refractivity contribution in [2.45, 2.75) is 55.9 Å². The fraction of sp³-hybridized carbons (Fsp3) is 0.407. The van der Waals surface area contributed by atoms with Crippen molar-refractivity contribution in [3.8, 4) is 5.75 Å². The summed E-state index contributed by atoms with van der Waals surface area (Å²) in [5, 5.41) is 10.8. The minimum Gasteiger partial charge on any atom is -0.497 e. The van der Waals surface area contributed by atoms with Gasteiger partial charge in [-0.15, -0.1) is 6.58 Å². The molecule has 9 nitrogen and oxygen atoms in total. The molecule has 1 aliphatic heterocycles. The number of rotatable bonds is 9.